The lowest BCUT2D eigenvalue weighted by atomic mass is 10.0. The van der Waals surface area contributed by atoms with Crippen molar-refractivity contribution in [3.05, 3.63) is 58.1 Å². The predicted molar refractivity (Wildman–Crippen MR) is 80.2 cm³/mol. The van der Waals surface area contributed by atoms with Crippen LogP contribution in [0, 0.1) is 0 Å². The van der Waals surface area contributed by atoms with Gasteiger partial charge in [-0.2, -0.15) is 0 Å². The number of halogens is 1. The standard InChI is InChI=1S/C15H16BrNO2/c1-19-13-5-6-14(16)11(8-13)9-15(18)10-3-2-4-12(17)7-10/h2-8,15,18H,9,17H2,1H3. The number of methoxy groups -OCH3 is 1. The topological polar surface area (TPSA) is 55.5 Å². The monoisotopic (exact) mass is 321 g/mol. The van der Waals surface area contributed by atoms with E-state index in [0.717, 1.165) is 21.3 Å². The van der Waals surface area contributed by atoms with Crippen molar-refractivity contribution in [2.24, 2.45) is 0 Å². The molecule has 0 bridgehead atoms. The van der Waals surface area contributed by atoms with Gasteiger partial charge < -0.3 is 15.6 Å². The summed E-state index contributed by atoms with van der Waals surface area (Å²) in [6, 6.07) is 13.0. The van der Waals surface area contributed by atoms with Crippen molar-refractivity contribution in [1.29, 1.82) is 0 Å². The quantitative estimate of drug-likeness (QED) is 0.849. The maximum Gasteiger partial charge on any atom is 0.119 e. The maximum atomic E-state index is 10.3. The van der Waals surface area contributed by atoms with Crippen molar-refractivity contribution >= 4 is 21.6 Å². The summed E-state index contributed by atoms with van der Waals surface area (Å²) in [5.74, 6) is 0.776. The summed E-state index contributed by atoms with van der Waals surface area (Å²) in [4.78, 5) is 0. The fraction of sp³-hybridized carbons (Fsp3) is 0.200. The van der Waals surface area contributed by atoms with Crippen LogP contribution in [-0.2, 0) is 6.42 Å². The van der Waals surface area contributed by atoms with E-state index in [2.05, 4.69) is 15.9 Å². The predicted octanol–water partition coefficient (Wildman–Crippen LogP) is 3.32. The Balaban J connectivity index is 2.21. The largest absolute Gasteiger partial charge is 0.497 e. The summed E-state index contributed by atoms with van der Waals surface area (Å²) in [6.45, 7) is 0. The summed E-state index contributed by atoms with van der Waals surface area (Å²) in [6.07, 6.45) is -0.0896. The Morgan fingerprint density at radius 1 is 1.26 bits per heavy atom. The average Bonchev–Trinajstić information content (AvgIpc) is 2.41. The van der Waals surface area contributed by atoms with Crippen LogP contribution in [0.25, 0.3) is 0 Å². The Bertz CT molecular complexity index is 572. The number of rotatable bonds is 4. The Hall–Kier alpha value is -1.52. The second-order valence-corrected chi connectivity index (χ2v) is 5.20. The third kappa shape index (κ3) is 3.49. The highest BCUT2D eigenvalue weighted by Crippen LogP contribution is 2.27. The Labute approximate surface area is 121 Å². The van der Waals surface area contributed by atoms with Gasteiger partial charge in [-0.05, 0) is 41.5 Å². The van der Waals surface area contributed by atoms with Crippen molar-refractivity contribution < 1.29 is 9.84 Å². The lowest BCUT2D eigenvalue weighted by molar-refractivity contribution is 0.178. The smallest absolute Gasteiger partial charge is 0.119 e. The van der Waals surface area contributed by atoms with Gasteiger partial charge in [0, 0.05) is 16.6 Å². The second kappa shape index (κ2) is 6.08. The number of anilines is 1. The van der Waals surface area contributed by atoms with Gasteiger partial charge in [-0.15, -0.1) is 0 Å². The van der Waals surface area contributed by atoms with Crippen molar-refractivity contribution in [2.75, 3.05) is 12.8 Å². The van der Waals surface area contributed by atoms with Crippen molar-refractivity contribution in [3.63, 3.8) is 0 Å². The van der Waals surface area contributed by atoms with E-state index in [4.69, 9.17) is 10.5 Å². The molecular formula is C15H16BrNO2. The van der Waals surface area contributed by atoms with Crippen LogP contribution < -0.4 is 10.5 Å². The molecule has 0 heterocycles. The molecule has 3 N–H and O–H groups in total. The number of benzene rings is 2. The van der Waals surface area contributed by atoms with Crippen molar-refractivity contribution in [1.82, 2.24) is 0 Å². The third-order valence-electron chi connectivity index (χ3n) is 2.96. The molecule has 2 aromatic rings. The normalized spacial score (nSPS) is 12.2. The lowest BCUT2D eigenvalue weighted by Crippen LogP contribution is -2.03. The van der Waals surface area contributed by atoms with Crippen LogP contribution in [0.4, 0.5) is 5.69 Å². The molecule has 4 heteroatoms. The molecule has 1 unspecified atom stereocenters. The van der Waals surface area contributed by atoms with E-state index in [1.54, 1.807) is 19.2 Å². The zero-order chi connectivity index (χ0) is 13.8. The van der Waals surface area contributed by atoms with E-state index in [1.165, 1.54) is 0 Å². The fourth-order valence-corrected chi connectivity index (χ4v) is 2.34. The van der Waals surface area contributed by atoms with Gasteiger partial charge in [0.25, 0.3) is 0 Å². The van der Waals surface area contributed by atoms with E-state index in [0.29, 0.717) is 12.1 Å². The minimum absolute atomic E-state index is 0.501. The van der Waals surface area contributed by atoms with Gasteiger partial charge in [0.1, 0.15) is 5.75 Å². The third-order valence-corrected chi connectivity index (χ3v) is 3.74. The number of aliphatic hydroxyl groups is 1. The zero-order valence-corrected chi connectivity index (χ0v) is 12.2. The molecule has 0 amide bonds. The highest BCUT2D eigenvalue weighted by Gasteiger charge is 2.11. The molecule has 1 atom stereocenters. The molecular weight excluding hydrogens is 306 g/mol. The van der Waals surface area contributed by atoms with Gasteiger partial charge in [0.15, 0.2) is 0 Å². The Morgan fingerprint density at radius 3 is 2.74 bits per heavy atom. The Morgan fingerprint density at radius 2 is 2.05 bits per heavy atom. The molecule has 0 saturated heterocycles. The summed E-state index contributed by atoms with van der Waals surface area (Å²) in [5.41, 5.74) is 8.19. The number of aliphatic hydroxyl groups excluding tert-OH is 1. The lowest BCUT2D eigenvalue weighted by Gasteiger charge is -2.13. The van der Waals surface area contributed by atoms with Gasteiger partial charge in [-0.25, -0.2) is 0 Å². The molecule has 2 rings (SSSR count). The summed E-state index contributed by atoms with van der Waals surface area (Å²) < 4.78 is 6.15. The minimum atomic E-state index is -0.591. The maximum absolute atomic E-state index is 10.3. The van der Waals surface area contributed by atoms with Gasteiger partial charge in [-0.3, -0.25) is 0 Å². The number of nitrogens with two attached hydrogens (primary N) is 1. The van der Waals surface area contributed by atoms with Gasteiger partial charge in [-0.1, -0.05) is 28.1 Å². The van der Waals surface area contributed by atoms with E-state index >= 15 is 0 Å². The number of hydrogen-bond donors (Lipinski definition) is 2. The van der Waals surface area contributed by atoms with Gasteiger partial charge >= 0.3 is 0 Å². The highest BCUT2D eigenvalue weighted by molar-refractivity contribution is 9.10. The number of nitrogen functional groups attached to an aromatic ring is 1. The van der Waals surface area contributed by atoms with Crippen LogP contribution >= 0.6 is 15.9 Å². The van der Waals surface area contributed by atoms with Crippen LogP contribution in [0.1, 0.15) is 17.2 Å². The highest BCUT2D eigenvalue weighted by atomic mass is 79.9. The molecule has 0 aromatic heterocycles. The van der Waals surface area contributed by atoms with Crippen LogP contribution in [0.3, 0.4) is 0 Å². The molecule has 2 aromatic carbocycles. The summed E-state index contributed by atoms with van der Waals surface area (Å²) in [5, 5.41) is 10.3. The molecule has 0 spiro atoms. The second-order valence-electron chi connectivity index (χ2n) is 4.35. The van der Waals surface area contributed by atoms with Crippen LogP contribution in [0.2, 0.25) is 0 Å². The molecule has 19 heavy (non-hydrogen) atoms. The van der Waals surface area contributed by atoms with E-state index in [9.17, 15) is 5.11 Å². The van der Waals surface area contributed by atoms with Crippen LogP contribution in [-0.4, -0.2) is 12.2 Å². The molecule has 0 fully saturated rings. The fourth-order valence-electron chi connectivity index (χ4n) is 1.93. The first-order chi connectivity index (χ1) is 9.10. The first-order valence-corrected chi connectivity index (χ1v) is 6.75. The van der Waals surface area contributed by atoms with Gasteiger partial charge in [0.05, 0.1) is 13.2 Å². The molecule has 100 valence electrons. The van der Waals surface area contributed by atoms with E-state index in [-0.39, 0.29) is 0 Å². The summed E-state index contributed by atoms with van der Waals surface area (Å²) >= 11 is 3.48. The van der Waals surface area contributed by atoms with Crippen molar-refractivity contribution in [3.8, 4) is 5.75 Å². The van der Waals surface area contributed by atoms with Crippen LogP contribution in [0.15, 0.2) is 46.9 Å². The number of ether oxygens (including phenoxy) is 1. The molecule has 0 aliphatic carbocycles. The van der Waals surface area contributed by atoms with Crippen molar-refractivity contribution in [2.45, 2.75) is 12.5 Å². The molecule has 0 aliphatic heterocycles. The first kappa shape index (κ1) is 13.9. The van der Waals surface area contributed by atoms with Gasteiger partial charge in [0.2, 0.25) is 0 Å². The molecule has 3 nitrogen and oxygen atoms in total. The van der Waals surface area contributed by atoms with E-state index in [1.807, 2.05) is 30.3 Å². The molecule has 0 radical (unpaired) electrons. The molecule has 0 aliphatic rings. The summed E-state index contributed by atoms with van der Waals surface area (Å²) in [7, 11) is 1.63. The Kier molecular flexibility index (Phi) is 4.45. The SMILES string of the molecule is COc1ccc(Br)c(CC(O)c2cccc(N)c2)c1. The zero-order valence-electron chi connectivity index (χ0n) is 10.6. The average molecular weight is 322 g/mol. The van der Waals surface area contributed by atoms with E-state index < -0.39 is 6.10 Å². The van der Waals surface area contributed by atoms with Crippen LogP contribution in [0.5, 0.6) is 5.75 Å². The molecule has 0 saturated carbocycles. The first-order valence-electron chi connectivity index (χ1n) is 5.96. The number of hydrogen-bond acceptors (Lipinski definition) is 3. The minimum Gasteiger partial charge on any atom is -0.497 e.